The Morgan fingerprint density at radius 1 is 1.08 bits per heavy atom. The minimum Gasteiger partial charge on any atom is -0.205 e. The zero-order chi connectivity index (χ0) is 9.30. The van der Waals surface area contributed by atoms with Crippen LogP contribution in [0.4, 0.5) is 13.2 Å². The molecular weight excluding hydrogens is 301 g/mol. The molecule has 5 heteroatoms. The second-order valence-electron chi connectivity index (χ2n) is 2.10. The third-order valence-electron chi connectivity index (χ3n) is 1.26. The van der Waals surface area contributed by atoms with Gasteiger partial charge in [-0.1, -0.05) is 0 Å². The highest BCUT2D eigenvalue weighted by atomic mass is 79.9. The van der Waals surface area contributed by atoms with Gasteiger partial charge in [0.15, 0.2) is 5.82 Å². The van der Waals surface area contributed by atoms with Crippen LogP contribution in [0, 0.1) is 5.82 Å². The van der Waals surface area contributed by atoms with Gasteiger partial charge in [-0.25, -0.2) is 13.2 Å². The van der Waals surface area contributed by atoms with E-state index in [-0.39, 0.29) is 14.5 Å². The maximum absolute atomic E-state index is 12.8. The smallest absolute Gasteiger partial charge is 0.205 e. The van der Waals surface area contributed by atoms with E-state index in [4.69, 9.17) is 0 Å². The number of hydrogen-bond donors (Lipinski definition) is 0. The first-order valence-corrected chi connectivity index (χ1v) is 4.53. The lowest BCUT2D eigenvalue weighted by atomic mass is 10.2. The number of benzene rings is 1. The van der Waals surface area contributed by atoms with E-state index in [0.29, 0.717) is 0 Å². The minimum atomic E-state index is -2.59. The van der Waals surface area contributed by atoms with Crippen LogP contribution in [-0.4, -0.2) is 0 Å². The molecule has 0 aromatic heterocycles. The van der Waals surface area contributed by atoms with Crippen LogP contribution in [0.25, 0.3) is 0 Å². The van der Waals surface area contributed by atoms with Gasteiger partial charge in [-0.3, -0.25) is 0 Å². The second-order valence-corrected chi connectivity index (χ2v) is 3.81. The average Bonchev–Trinajstić information content (AvgIpc) is 1.99. The van der Waals surface area contributed by atoms with E-state index >= 15 is 0 Å². The van der Waals surface area contributed by atoms with Crippen LogP contribution in [0.3, 0.4) is 0 Å². The topological polar surface area (TPSA) is 0 Å². The zero-order valence-electron chi connectivity index (χ0n) is 5.62. The molecular formula is C7H3Br2F3. The molecule has 0 saturated carbocycles. The van der Waals surface area contributed by atoms with E-state index in [1.165, 1.54) is 0 Å². The third kappa shape index (κ3) is 2.01. The first-order chi connectivity index (χ1) is 5.52. The van der Waals surface area contributed by atoms with Crippen molar-refractivity contribution in [2.24, 2.45) is 0 Å². The van der Waals surface area contributed by atoms with Crippen molar-refractivity contribution in [2.75, 3.05) is 0 Å². The second kappa shape index (κ2) is 3.79. The molecule has 0 N–H and O–H groups in total. The van der Waals surface area contributed by atoms with Gasteiger partial charge in [0.25, 0.3) is 6.43 Å². The Hall–Kier alpha value is -0.0300. The summed E-state index contributed by atoms with van der Waals surface area (Å²) in [6, 6.07) is 2.12. The number of rotatable bonds is 1. The Morgan fingerprint density at radius 3 is 1.83 bits per heavy atom. The summed E-state index contributed by atoms with van der Waals surface area (Å²) in [4.78, 5) is 0. The fraction of sp³-hybridized carbons (Fsp3) is 0.143. The van der Waals surface area contributed by atoms with Crippen LogP contribution in [-0.2, 0) is 0 Å². The molecule has 0 aliphatic rings. The molecule has 0 aliphatic heterocycles. The lowest BCUT2D eigenvalue weighted by Gasteiger charge is -2.02. The maximum Gasteiger partial charge on any atom is 0.263 e. The first-order valence-electron chi connectivity index (χ1n) is 2.95. The highest BCUT2D eigenvalue weighted by Crippen LogP contribution is 2.29. The minimum absolute atomic E-state index is 0.0344. The van der Waals surface area contributed by atoms with Crippen LogP contribution in [0.5, 0.6) is 0 Å². The Kier molecular flexibility index (Phi) is 3.17. The van der Waals surface area contributed by atoms with Crippen LogP contribution in [0.15, 0.2) is 21.1 Å². The molecule has 0 radical (unpaired) electrons. The molecule has 0 amide bonds. The van der Waals surface area contributed by atoms with Crippen molar-refractivity contribution in [3.05, 3.63) is 32.5 Å². The van der Waals surface area contributed by atoms with Crippen molar-refractivity contribution < 1.29 is 13.2 Å². The number of alkyl halides is 2. The molecule has 0 unspecified atom stereocenters. The Morgan fingerprint density at radius 2 is 1.50 bits per heavy atom. The van der Waals surface area contributed by atoms with E-state index in [1.807, 2.05) is 0 Å². The first kappa shape index (κ1) is 10.1. The van der Waals surface area contributed by atoms with Crippen molar-refractivity contribution in [3.63, 3.8) is 0 Å². The molecule has 0 heterocycles. The molecule has 0 aliphatic carbocycles. The normalized spacial score (nSPS) is 10.8. The fourth-order valence-corrected chi connectivity index (χ4v) is 1.92. The molecule has 0 atom stereocenters. The molecule has 0 spiro atoms. The molecule has 0 fully saturated rings. The number of hydrogen-bond acceptors (Lipinski definition) is 0. The van der Waals surface area contributed by atoms with Gasteiger partial charge >= 0.3 is 0 Å². The summed E-state index contributed by atoms with van der Waals surface area (Å²) in [6.07, 6.45) is -2.59. The maximum atomic E-state index is 12.8. The van der Waals surface area contributed by atoms with Crippen molar-refractivity contribution >= 4 is 31.9 Å². The summed E-state index contributed by atoms with van der Waals surface area (Å²) >= 11 is 5.65. The third-order valence-corrected chi connectivity index (χ3v) is 2.41. The standard InChI is InChI=1S/C7H3Br2F3/c8-4-1-3(7(11)12)2-5(9)6(4)10/h1-2,7H. The van der Waals surface area contributed by atoms with Gasteiger partial charge < -0.3 is 0 Å². The summed E-state index contributed by atoms with van der Waals surface area (Å²) in [7, 11) is 0. The van der Waals surface area contributed by atoms with Crippen LogP contribution in [0.1, 0.15) is 12.0 Å². The summed E-state index contributed by atoms with van der Waals surface area (Å²) in [5.74, 6) is -0.570. The van der Waals surface area contributed by atoms with Gasteiger partial charge in [-0.15, -0.1) is 0 Å². The summed E-state index contributed by atoms with van der Waals surface area (Å²) in [6.45, 7) is 0. The Labute approximate surface area is 84.0 Å². The van der Waals surface area contributed by atoms with Gasteiger partial charge in [0, 0.05) is 5.56 Å². The van der Waals surface area contributed by atoms with Crippen LogP contribution < -0.4 is 0 Å². The summed E-state index contributed by atoms with van der Waals surface area (Å²) in [5.41, 5.74) is -0.213. The Bertz CT molecular complexity index is 276. The van der Waals surface area contributed by atoms with Crippen LogP contribution >= 0.6 is 31.9 Å². The van der Waals surface area contributed by atoms with Gasteiger partial charge in [0.05, 0.1) is 8.95 Å². The van der Waals surface area contributed by atoms with Gasteiger partial charge in [0.2, 0.25) is 0 Å². The molecule has 0 saturated heterocycles. The monoisotopic (exact) mass is 302 g/mol. The van der Waals surface area contributed by atoms with Crippen molar-refractivity contribution in [1.29, 1.82) is 0 Å². The predicted octanol–water partition coefficient (Wildman–Crippen LogP) is 4.29. The van der Waals surface area contributed by atoms with E-state index in [2.05, 4.69) is 31.9 Å². The summed E-state index contributed by atoms with van der Waals surface area (Å²) in [5, 5.41) is 0. The molecule has 12 heavy (non-hydrogen) atoms. The fourth-order valence-electron chi connectivity index (χ4n) is 0.701. The highest BCUT2D eigenvalue weighted by molar-refractivity contribution is 9.11. The van der Waals surface area contributed by atoms with E-state index in [9.17, 15) is 13.2 Å². The Balaban J connectivity index is 3.21. The van der Waals surface area contributed by atoms with Crippen molar-refractivity contribution in [2.45, 2.75) is 6.43 Å². The predicted molar refractivity (Wildman–Crippen MR) is 46.8 cm³/mol. The van der Waals surface area contributed by atoms with E-state index < -0.39 is 12.2 Å². The summed E-state index contributed by atoms with van der Waals surface area (Å²) < 4.78 is 37.1. The lowest BCUT2D eigenvalue weighted by molar-refractivity contribution is 0.151. The van der Waals surface area contributed by atoms with Crippen LogP contribution in [0.2, 0.25) is 0 Å². The molecule has 0 bridgehead atoms. The largest absolute Gasteiger partial charge is 0.263 e. The quantitative estimate of drug-likeness (QED) is 0.679. The van der Waals surface area contributed by atoms with Gasteiger partial charge in [0.1, 0.15) is 0 Å². The average molecular weight is 304 g/mol. The molecule has 1 aromatic rings. The molecule has 66 valence electrons. The van der Waals surface area contributed by atoms with E-state index in [1.54, 1.807) is 0 Å². The molecule has 1 rings (SSSR count). The highest BCUT2D eigenvalue weighted by Gasteiger charge is 2.12. The zero-order valence-corrected chi connectivity index (χ0v) is 8.79. The van der Waals surface area contributed by atoms with Gasteiger partial charge in [-0.05, 0) is 44.0 Å². The molecule has 0 nitrogen and oxygen atoms in total. The SMILES string of the molecule is Fc1c(Br)cc(C(F)F)cc1Br. The van der Waals surface area contributed by atoms with E-state index in [0.717, 1.165) is 12.1 Å². The van der Waals surface area contributed by atoms with Crippen molar-refractivity contribution in [3.8, 4) is 0 Å². The lowest BCUT2D eigenvalue weighted by Crippen LogP contribution is -1.88. The van der Waals surface area contributed by atoms with Gasteiger partial charge in [-0.2, -0.15) is 0 Å². The molecule has 1 aromatic carbocycles. The van der Waals surface area contributed by atoms with Crippen molar-refractivity contribution in [1.82, 2.24) is 0 Å². The number of halogens is 5.